The molecule has 0 aliphatic rings. The Kier molecular flexibility index (Phi) is 5.67. The summed E-state index contributed by atoms with van der Waals surface area (Å²) in [5.41, 5.74) is 5.32. The lowest BCUT2D eigenvalue weighted by molar-refractivity contribution is -0.144. The number of nitriles is 1. The summed E-state index contributed by atoms with van der Waals surface area (Å²) in [4.78, 5) is 32.5. The molecule has 118 valence electrons. The van der Waals surface area contributed by atoms with Crippen molar-refractivity contribution in [2.75, 3.05) is 12.4 Å². The summed E-state index contributed by atoms with van der Waals surface area (Å²) in [5.74, 6) is -1.19. The van der Waals surface area contributed by atoms with Crippen LogP contribution in [0.5, 0.6) is 0 Å². The number of carbonyl (C=O) groups is 2. The molecule has 7 nitrogen and oxygen atoms in total. The van der Waals surface area contributed by atoms with Gasteiger partial charge in [-0.25, -0.2) is 9.97 Å². The molecule has 0 aliphatic carbocycles. The van der Waals surface area contributed by atoms with Crippen LogP contribution >= 0.6 is 23.1 Å². The molecule has 0 saturated carbocycles. The summed E-state index contributed by atoms with van der Waals surface area (Å²) in [7, 11) is 0. The van der Waals surface area contributed by atoms with Gasteiger partial charge < -0.3 is 10.5 Å². The van der Waals surface area contributed by atoms with E-state index in [1.54, 1.807) is 6.07 Å². The van der Waals surface area contributed by atoms with Crippen molar-refractivity contribution >= 4 is 45.1 Å². The fourth-order valence-corrected chi connectivity index (χ4v) is 3.22. The average molecular weight is 348 g/mol. The first-order chi connectivity index (χ1) is 11.0. The Labute approximate surface area is 140 Å². The number of hydrogen-bond acceptors (Lipinski definition) is 9. The van der Waals surface area contributed by atoms with E-state index in [-0.39, 0.29) is 17.0 Å². The second-order valence-electron chi connectivity index (χ2n) is 4.36. The third-order valence-corrected chi connectivity index (χ3v) is 4.50. The van der Waals surface area contributed by atoms with Gasteiger partial charge in [-0.2, -0.15) is 5.26 Å². The van der Waals surface area contributed by atoms with Gasteiger partial charge in [-0.1, -0.05) is 11.8 Å². The van der Waals surface area contributed by atoms with Crippen molar-refractivity contribution < 1.29 is 14.3 Å². The van der Waals surface area contributed by atoms with Gasteiger partial charge in [0.1, 0.15) is 27.8 Å². The fourth-order valence-electron chi connectivity index (χ4n) is 1.64. The molecular weight excluding hydrogens is 336 g/mol. The number of ketones is 1. The topological polar surface area (TPSA) is 119 Å². The lowest BCUT2D eigenvalue weighted by Gasteiger charge is -2.04. The van der Waals surface area contributed by atoms with Crippen molar-refractivity contribution in [2.45, 2.75) is 11.9 Å². The number of fused-ring (bicyclic) bond motifs is 1. The molecule has 0 spiro atoms. The SMILES string of the molecule is C/C(N)=C(/C#N)C(=O)COC(=O)CSc1ncnc2sccc12. The van der Waals surface area contributed by atoms with E-state index in [0.717, 1.165) is 10.2 Å². The number of thiophene rings is 1. The van der Waals surface area contributed by atoms with E-state index in [1.165, 1.54) is 36.3 Å². The molecule has 0 aromatic carbocycles. The van der Waals surface area contributed by atoms with Crippen LogP contribution in [0.2, 0.25) is 0 Å². The largest absolute Gasteiger partial charge is 0.457 e. The maximum absolute atomic E-state index is 11.7. The zero-order valence-corrected chi connectivity index (χ0v) is 13.7. The molecule has 2 aromatic heterocycles. The highest BCUT2D eigenvalue weighted by atomic mass is 32.2. The van der Waals surface area contributed by atoms with Crippen LogP contribution in [0.15, 0.2) is 34.1 Å². The monoisotopic (exact) mass is 348 g/mol. The summed E-state index contributed by atoms with van der Waals surface area (Å²) < 4.78 is 4.86. The van der Waals surface area contributed by atoms with Gasteiger partial charge in [0.15, 0.2) is 6.61 Å². The first-order valence-corrected chi connectivity index (χ1v) is 8.25. The lowest BCUT2D eigenvalue weighted by Crippen LogP contribution is -2.18. The second-order valence-corrected chi connectivity index (χ2v) is 6.22. The number of ether oxygens (including phenoxy) is 1. The Hall–Kier alpha value is -2.44. The molecule has 2 heterocycles. The van der Waals surface area contributed by atoms with Crippen molar-refractivity contribution in [2.24, 2.45) is 5.73 Å². The van der Waals surface area contributed by atoms with Gasteiger partial charge in [-0.05, 0) is 18.4 Å². The van der Waals surface area contributed by atoms with E-state index in [9.17, 15) is 9.59 Å². The minimum atomic E-state index is -0.617. The molecule has 0 unspecified atom stereocenters. The number of carbonyl (C=O) groups excluding carboxylic acids is 2. The zero-order valence-electron chi connectivity index (χ0n) is 12.1. The summed E-state index contributed by atoms with van der Waals surface area (Å²) in [5, 5.41) is 12.2. The van der Waals surface area contributed by atoms with Crippen LogP contribution in [0, 0.1) is 11.3 Å². The van der Waals surface area contributed by atoms with E-state index in [0.29, 0.717) is 5.03 Å². The molecule has 23 heavy (non-hydrogen) atoms. The summed E-state index contributed by atoms with van der Waals surface area (Å²) in [6, 6.07) is 3.57. The minimum absolute atomic E-state index is 0.00243. The lowest BCUT2D eigenvalue weighted by atomic mass is 10.1. The van der Waals surface area contributed by atoms with Crippen LogP contribution in [0.4, 0.5) is 0 Å². The highest BCUT2D eigenvalue weighted by Gasteiger charge is 2.15. The fraction of sp³-hybridized carbons (Fsp3) is 0.214. The molecule has 9 heteroatoms. The molecule has 2 N–H and O–H groups in total. The van der Waals surface area contributed by atoms with Crippen molar-refractivity contribution in [3.8, 4) is 6.07 Å². The number of nitrogens with zero attached hydrogens (tertiary/aromatic N) is 3. The summed E-state index contributed by atoms with van der Waals surface area (Å²) >= 11 is 2.69. The van der Waals surface area contributed by atoms with E-state index < -0.39 is 18.4 Å². The molecule has 0 atom stereocenters. The quantitative estimate of drug-likeness (QED) is 0.275. The molecule has 0 aliphatic heterocycles. The number of rotatable bonds is 6. The van der Waals surface area contributed by atoms with Crippen LogP contribution in [0.25, 0.3) is 10.2 Å². The van der Waals surface area contributed by atoms with E-state index in [2.05, 4.69) is 9.97 Å². The Balaban J connectivity index is 1.89. The Morgan fingerprint density at radius 1 is 1.48 bits per heavy atom. The van der Waals surface area contributed by atoms with E-state index in [1.807, 2.05) is 11.4 Å². The third-order valence-electron chi connectivity index (χ3n) is 2.70. The summed E-state index contributed by atoms with van der Waals surface area (Å²) in [6.45, 7) is 0.934. The standard InChI is InChI=1S/C14H12N4O3S2/c1-8(16)10(4-15)11(19)5-21-12(20)6-23-14-9-2-3-22-13(9)17-7-18-14/h2-3,7H,5-6,16H2,1H3/b10-8+. The van der Waals surface area contributed by atoms with Gasteiger partial charge in [-0.15, -0.1) is 11.3 Å². The molecule has 0 fully saturated rings. The van der Waals surface area contributed by atoms with E-state index in [4.69, 9.17) is 15.7 Å². The average Bonchev–Trinajstić information content (AvgIpc) is 3.00. The molecular formula is C14H12N4O3S2. The van der Waals surface area contributed by atoms with Gasteiger partial charge in [0.25, 0.3) is 0 Å². The molecule has 2 rings (SSSR count). The first kappa shape index (κ1) is 16.9. The van der Waals surface area contributed by atoms with Crippen molar-refractivity contribution in [3.05, 3.63) is 29.0 Å². The molecule has 0 radical (unpaired) electrons. The van der Waals surface area contributed by atoms with Crippen molar-refractivity contribution in [1.82, 2.24) is 9.97 Å². The predicted molar refractivity (Wildman–Crippen MR) is 86.6 cm³/mol. The maximum atomic E-state index is 11.7. The summed E-state index contributed by atoms with van der Waals surface area (Å²) in [6.07, 6.45) is 1.43. The Morgan fingerprint density at radius 3 is 2.96 bits per heavy atom. The Bertz CT molecular complexity index is 819. The van der Waals surface area contributed by atoms with Gasteiger partial charge in [0.05, 0.1) is 5.75 Å². The predicted octanol–water partition coefficient (Wildman–Crippen LogP) is 1.65. The second kappa shape index (κ2) is 7.71. The number of allylic oxidation sites excluding steroid dienone is 1. The number of Topliss-reactive ketones (excluding diaryl/α,β-unsaturated/α-hetero) is 1. The number of esters is 1. The molecule has 2 aromatic rings. The van der Waals surface area contributed by atoms with Crippen LogP contribution < -0.4 is 5.73 Å². The van der Waals surface area contributed by atoms with Crippen LogP contribution in [-0.4, -0.2) is 34.1 Å². The van der Waals surface area contributed by atoms with Gasteiger partial charge >= 0.3 is 5.97 Å². The van der Waals surface area contributed by atoms with E-state index >= 15 is 0 Å². The van der Waals surface area contributed by atoms with Crippen molar-refractivity contribution in [3.63, 3.8) is 0 Å². The van der Waals surface area contributed by atoms with Crippen LogP contribution in [-0.2, 0) is 14.3 Å². The maximum Gasteiger partial charge on any atom is 0.316 e. The van der Waals surface area contributed by atoms with Crippen LogP contribution in [0.1, 0.15) is 6.92 Å². The van der Waals surface area contributed by atoms with Gasteiger partial charge in [0.2, 0.25) is 5.78 Å². The number of aromatic nitrogens is 2. The number of thioether (sulfide) groups is 1. The zero-order chi connectivity index (χ0) is 16.8. The first-order valence-electron chi connectivity index (χ1n) is 6.39. The smallest absolute Gasteiger partial charge is 0.316 e. The molecule has 0 bridgehead atoms. The highest BCUT2D eigenvalue weighted by Crippen LogP contribution is 2.27. The van der Waals surface area contributed by atoms with Gasteiger partial charge in [-0.3, -0.25) is 9.59 Å². The third kappa shape index (κ3) is 4.28. The van der Waals surface area contributed by atoms with Crippen LogP contribution in [0.3, 0.4) is 0 Å². The number of nitrogens with two attached hydrogens (primary N) is 1. The Morgan fingerprint density at radius 2 is 2.26 bits per heavy atom. The molecule has 0 amide bonds. The highest BCUT2D eigenvalue weighted by molar-refractivity contribution is 8.00. The normalized spacial score (nSPS) is 11.7. The van der Waals surface area contributed by atoms with Gasteiger partial charge in [0, 0.05) is 11.1 Å². The minimum Gasteiger partial charge on any atom is -0.457 e. The van der Waals surface area contributed by atoms with Crippen molar-refractivity contribution in [1.29, 1.82) is 5.26 Å². The number of hydrogen-bond donors (Lipinski definition) is 1. The molecule has 0 saturated heterocycles.